The molecule has 4 aromatic rings. The molecule has 1 aromatic carbocycles. The van der Waals surface area contributed by atoms with Crippen LogP contribution < -0.4 is 0 Å². The number of aryl methyl sites for hydroxylation is 5. The van der Waals surface area contributed by atoms with E-state index in [1.54, 1.807) is 0 Å². The van der Waals surface area contributed by atoms with Gasteiger partial charge in [0, 0.05) is 23.1 Å². The molecule has 0 atom stereocenters. The second kappa shape index (κ2) is 16.2. The Morgan fingerprint density at radius 2 is 1.10 bits per heavy atom. The van der Waals surface area contributed by atoms with Crippen LogP contribution in [0.5, 0.6) is 0 Å². The molecular weight excluding hydrogens is 516 g/mol. The van der Waals surface area contributed by atoms with Gasteiger partial charge in [0.15, 0.2) is 17.5 Å². The highest BCUT2D eigenvalue weighted by Gasteiger charge is 2.16. The predicted molar refractivity (Wildman–Crippen MR) is 173 cm³/mol. The maximum atomic E-state index is 4.88. The van der Waals surface area contributed by atoms with Crippen LogP contribution in [0.1, 0.15) is 113 Å². The van der Waals surface area contributed by atoms with Crippen molar-refractivity contribution in [2.24, 2.45) is 0 Å². The first-order valence-corrected chi connectivity index (χ1v) is 16.2. The monoisotopic (exact) mass is 564 g/mol. The van der Waals surface area contributed by atoms with Crippen LogP contribution in [0.2, 0.25) is 0 Å². The number of hydrogen-bond donors (Lipinski definition) is 0. The molecule has 0 saturated carbocycles. The van der Waals surface area contributed by atoms with E-state index in [-0.39, 0.29) is 0 Å². The van der Waals surface area contributed by atoms with Crippen molar-refractivity contribution in [1.29, 1.82) is 0 Å². The summed E-state index contributed by atoms with van der Waals surface area (Å²) < 4.78 is 0. The fourth-order valence-electron chi connectivity index (χ4n) is 5.35. The third kappa shape index (κ3) is 8.73. The SMILES string of the molecule is CCCCCCCCCCCCc1ccc(-c2nc(-c3ccc(C)c(CC)n3)nc(-c3ncc(C)c(CC)n3)n2)cc1. The molecule has 0 aliphatic rings. The molecule has 0 bridgehead atoms. The Bertz CT molecular complexity index is 1340. The maximum absolute atomic E-state index is 4.88. The molecule has 4 rings (SSSR count). The van der Waals surface area contributed by atoms with Gasteiger partial charge in [0.05, 0.1) is 0 Å². The topological polar surface area (TPSA) is 77.3 Å². The Balaban J connectivity index is 1.49. The number of hydrogen-bond acceptors (Lipinski definition) is 6. The summed E-state index contributed by atoms with van der Waals surface area (Å²) in [5.41, 5.74) is 7.34. The number of aromatic nitrogens is 6. The standard InChI is InChI=1S/C36H48N6/c1-6-9-10-11-12-13-14-15-16-17-18-28-20-22-29(23-21-28)33-40-34(32-24-19-26(4)30(7-2)38-32)42-36(41-33)35-37-25-27(5)31(8-3)39-35/h19-25H,6-18H2,1-5H3. The summed E-state index contributed by atoms with van der Waals surface area (Å²) in [6.45, 7) is 10.6. The van der Waals surface area contributed by atoms with E-state index < -0.39 is 0 Å². The summed E-state index contributed by atoms with van der Waals surface area (Å²) >= 11 is 0. The van der Waals surface area contributed by atoms with Gasteiger partial charge in [-0.2, -0.15) is 0 Å². The van der Waals surface area contributed by atoms with Crippen LogP contribution in [0.3, 0.4) is 0 Å². The van der Waals surface area contributed by atoms with Crippen LogP contribution in [0.4, 0.5) is 0 Å². The average molecular weight is 565 g/mol. The molecule has 222 valence electrons. The van der Waals surface area contributed by atoms with Crippen LogP contribution in [-0.4, -0.2) is 29.9 Å². The van der Waals surface area contributed by atoms with E-state index in [1.807, 2.05) is 19.2 Å². The fraction of sp³-hybridized carbons (Fsp3) is 0.500. The lowest BCUT2D eigenvalue weighted by Gasteiger charge is -2.10. The molecule has 0 fully saturated rings. The molecule has 0 radical (unpaired) electrons. The predicted octanol–water partition coefficient (Wildman–Crippen LogP) is 9.26. The van der Waals surface area contributed by atoms with Crippen LogP contribution in [0, 0.1) is 13.8 Å². The molecule has 0 spiro atoms. The molecule has 0 unspecified atom stereocenters. The normalized spacial score (nSPS) is 11.3. The molecule has 0 aliphatic carbocycles. The molecule has 0 saturated heterocycles. The maximum Gasteiger partial charge on any atom is 0.201 e. The largest absolute Gasteiger partial charge is 0.249 e. The van der Waals surface area contributed by atoms with E-state index >= 15 is 0 Å². The quantitative estimate of drug-likeness (QED) is 0.126. The van der Waals surface area contributed by atoms with E-state index in [9.17, 15) is 0 Å². The van der Waals surface area contributed by atoms with Crippen molar-refractivity contribution in [1.82, 2.24) is 29.9 Å². The number of nitrogens with zero attached hydrogens (tertiary/aromatic N) is 6. The Kier molecular flexibility index (Phi) is 12.1. The van der Waals surface area contributed by atoms with Crippen molar-refractivity contribution in [3.8, 4) is 34.6 Å². The molecule has 42 heavy (non-hydrogen) atoms. The van der Waals surface area contributed by atoms with Gasteiger partial charge < -0.3 is 0 Å². The zero-order chi connectivity index (χ0) is 29.7. The molecular formula is C36H48N6. The van der Waals surface area contributed by atoms with Crippen LogP contribution in [0.25, 0.3) is 34.6 Å². The molecule has 3 aromatic heterocycles. The lowest BCUT2D eigenvalue weighted by molar-refractivity contribution is 0.556. The van der Waals surface area contributed by atoms with E-state index in [4.69, 9.17) is 24.9 Å². The molecule has 6 nitrogen and oxygen atoms in total. The van der Waals surface area contributed by atoms with E-state index in [0.717, 1.165) is 47.5 Å². The van der Waals surface area contributed by atoms with Gasteiger partial charge in [0.2, 0.25) is 5.82 Å². The number of pyridine rings is 1. The first-order valence-electron chi connectivity index (χ1n) is 16.2. The lowest BCUT2D eigenvalue weighted by Crippen LogP contribution is -2.06. The Labute approximate surface area is 252 Å². The highest BCUT2D eigenvalue weighted by molar-refractivity contribution is 5.63. The van der Waals surface area contributed by atoms with Crippen molar-refractivity contribution in [3.05, 3.63) is 70.7 Å². The minimum atomic E-state index is 0.472. The van der Waals surface area contributed by atoms with Gasteiger partial charge >= 0.3 is 0 Å². The van der Waals surface area contributed by atoms with Crippen molar-refractivity contribution in [2.75, 3.05) is 0 Å². The van der Waals surface area contributed by atoms with Crippen molar-refractivity contribution in [3.63, 3.8) is 0 Å². The van der Waals surface area contributed by atoms with Gasteiger partial charge in [0.25, 0.3) is 0 Å². The second-order valence-corrected chi connectivity index (χ2v) is 11.4. The Morgan fingerprint density at radius 3 is 1.76 bits per heavy atom. The zero-order valence-corrected chi connectivity index (χ0v) is 26.4. The zero-order valence-electron chi connectivity index (χ0n) is 26.4. The number of benzene rings is 1. The van der Waals surface area contributed by atoms with E-state index in [1.165, 1.54) is 75.3 Å². The molecule has 0 amide bonds. The lowest BCUT2D eigenvalue weighted by atomic mass is 10.0. The highest BCUT2D eigenvalue weighted by Crippen LogP contribution is 2.24. The van der Waals surface area contributed by atoms with Gasteiger partial charge in [-0.05, 0) is 62.3 Å². The Morgan fingerprint density at radius 1 is 0.500 bits per heavy atom. The number of unbranched alkanes of at least 4 members (excludes halogenated alkanes) is 9. The smallest absolute Gasteiger partial charge is 0.201 e. The highest BCUT2D eigenvalue weighted by atomic mass is 15.1. The fourth-order valence-corrected chi connectivity index (χ4v) is 5.35. The minimum absolute atomic E-state index is 0.472. The second-order valence-electron chi connectivity index (χ2n) is 11.4. The molecule has 0 N–H and O–H groups in total. The average Bonchev–Trinajstić information content (AvgIpc) is 3.02. The van der Waals surface area contributed by atoms with Gasteiger partial charge in [0.1, 0.15) is 5.69 Å². The summed E-state index contributed by atoms with van der Waals surface area (Å²) in [5, 5.41) is 0. The van der Waals surface area contributed by atoms with Crippen molar-refractivity contribution in [2.45, 2.75) is 118 Å². The first-order chi connectivity index (χ1) is 20.5. The van der Waals surface area contributed by atoms with Crippen molar-refractivity contribution < 1.29 is 0 Å². The summed E-state index contributed by atoms with van der Waals surface area (Å²) in [6.07, 6.45) is 18.2. The molecule has 6 heteroatoms. The van der Waals surface area contributed by atoms with Crippen LogP contribution >= 0.6 is 0 Å². The summed E-state index contributed by atoms with van der Waals surface area (Å²) in [6, 6.07) is 12.8. The van der Waals surface area contributed by atoms with E-state index in [0.29, 0.717) is 23.3 Å². The summed E-state index contributed by atoms with van der Waals surface area (Å²) in [4.78, 5) is 28.8. The first kappa shape index (κ1) is 31.4. The van der Waals surface area contributed by atoms with Crippen LogP contribution in [-0.2, 0) is 19.3 Å². The summed E-state index contributed by atoms with van der Waals surface area (Å²) in [7, 11) is 0. The minimum Gasteiger partial charge on any atom is -0.249 e. The van der Waals surface area contributed by atoms with E-state index in [2.05, 4.69) is 63.0 Å². The molecule has 0 aliphatic heterocycles. The van der Waals surface area contributed by atoms with Crippen LogP contribution in [0.15, 0.2) is 42.6 Å². The van der Waals surface area contributed by atoms with Gasteiger partial charge in [-0.3, -0.25) is 0 Å². The number of rotatable bonds is 16. The summed E-state index contributed by atoms with van der Waals surface area (Å²) in [5.74, 6) is 2.15. The van der Waals surface area contributed by atoms with Gasteiger partial charge in [-0.15, -0.1) is 0 Å². The molecule has 3 heterocycles. The van der Waals surface area contributed by atoms with Gasteiger partial charge in [-0.25, -0.2) is 29.9 Å². The van der Waals surface area contributed by atoms with Gasteiger partial charge in [-0.1, -0.05) is 109 Å². The van der Waals surface area contributed by atoms with Crippen molar-refractivity contribution >= 4 is 0 Å². The Hall–Kier alpha value is -3.54. The third-order valence-electron chi connectivity index (χ3n) is 8.04. The third-order valence-corrected chi connectivity index (χ3v) is 8.04.